The molecule has 0 fully saturated rings. The molecule has 0 atom stereocenters. The molecule has 144 valence electrons. The fraction of sp³-hybridized carbons (Fsp3) is 0.222. The third-order valence-electron chi connectivity index (χ3n) is 4.27. The van der Waals surface area contributed by atoms with Gasteiger partial charge in [-0.1, -0.05) is 6.07 Å². The van der Waals surface area contributed by atoms with Crippen LogP contribution in [0.4, 0.5) is 0 Å². The van der Waals surface area contributed by atoms with E-state index in [0.29, 0.717) is 16.9 Å². The van der Waals surface area contributed by atoms with Gasteiger partial charge in [-0.3, -0.25) is 4.57 Å². The predicted octanol–water partition coefficient (Wildman–Crippen LogP) is 3.21. The highest BCUT2D eigenvalue weighted by Crippen LogP contribution is 2.47. The molecule has 0 radical (unpaired) electrons. The highest BCUT2D eigenvalue weighted by Gasteiger charge is 2.37. The van der Waals surface area contributed by atoms with Crippen LogP contribution in [-0.4, -0.2) is 31.5 Å². The number of aliphatic hydroxyl groups excluding tert-OH is 1. The normalized spacial score (nSPS) is 15.9. The van der Waals surface area contributed by atoms with E-state index < -0.39 is 19.4 Å². The van der Waals surface area contributed by atoms with E-state index in [1.54, 1.807) is 19.9 Å². The molecule has 0 saturated carbocycles. The molecular weight excluding hydrogens is 375 g/mol. The van der Waals surface area contributed by atoms with Crippen LogP contribution in [-0.2, 0) is 9.98 Å². The Hall–Kier alpha value is -2.67. The maximum atomic E-state index is 10.9. The van der Waals surface area contributed by atoms with Crippen molar-refractivity contribution < 1.29 is 39.1 Å². The van der Waals surface area contributed by atoms with Crippen LogP contribution in [0.15, 0.2) is 42.2 Å². The van der Waals surface area contributed by atoms with E-state index in [2.05, 4.69) is 0 Å². The van der Waals surface area contributed by atoms with Crippen LogP contribution in [0.25, 0.3) is 5.76 Å². The predicted molar refractivity (Wildman–Crippen MR) is 97.0 cm³/mol. The second-order valence-corrected chi connectivity index (χ2v) is 8.29. The van der Waals surface area contributed by atoms with Crippen LogP contribution in [0.2, 0.25) is 0 Å². The van der Waals surface area contributed by atoms with E-state index >= 15 is 0 Å². The molecule has 0 aromatic heterocycles. The largest absolute Gasteiger partial charge is 0.508 e. The first-order valence-electron chi connectivity index (χ1n) is 7.95. The number of aromatic hydroxyl groups is 2. The lowest BCUT2D eigenvalue weighted by molar-refractivity contribution is 0.284. The first-order chi connectivity index (χ1) is 12.5. The molecule has 3 rings (SSSR count). The third-order valence-corrected chi connectivity index (χ3v) is 4.73. The Morgan fingerprint density at radius 2 is 1.78 bits per heavy atom. The lowest BCUT2D eigenvalue weighted by Gasteiger charge is -2.33. The number of phenols is 2. The van der Waals surface area contributed by atoms with Crippen molar-refractivity contribution in [2.45, 2.75) is 19.3 Å². The molecule has 0 unspecified atom stereocenters. The van der Waals surface area contributed by atoms with E-state index in [-0.39, 0.29) is 28.8 Å². The zero-order valence-corrected chi connectivity index (χ0v) is 15.5. The van der Waals surface area contributed by atoms with Crippen LogP contribution in [0.1, 0.15) is 25.0 Å². The van der Waals surface area contributed by atoms with Crippen LogP contribution < -0.4 is 9.47 Å². The van der Waals surface area contributed by atoms with Gasteiger partial charge in [0.25, 0.3) is 0 Å². The van der Waals surface area contributed by atoms with Crippen molar-refractivity contribution in [1.29, 1.82) is 0 Å². The second kappa shape index (κ2) is 6.49. The van der Waals surface area contributed by atoms with Gasteiger partial charge in [0.1, 0.15) is 17.3 Å². The topological polar surface area (TPSA) is 137 Å². The molecule has 9 heteroatoms. The van der Waals surface area contributed by atoms with E-state index in [1.165, 1.54) is 30.3 Å². The molecule has 1 aliphatic rings. The Bertz CT molecular complexity index is 973. The number of hydrogen-bond donors (Lipinski definition) is 5. The molecule has 0 saturated heterocycles. The number of ether oxygens (including phenoxy) is 2. The molecule has 5 N–H and O–H groups in total. The third kappa shape index (κ3) is 3.73. The fourth-order valence-electron chi connectivity index (χ4n) is 2.81. The minimum atomic E-state index is -4.39. The number of aliphatic hydroxyl groups is 1. The van der Waals surface area contributed by atoms with Gasteiger partial charge in [0.15, 0.2) is 23.6 Å². The summed E-state index contributed by atoms with van der Waals surface area (Å²) in [5.41, 5.74) is 0.213. The van der Waals surface area contributed by atoms with Gasteiger partial charge in [-0.05, 0) is 38.1 Å². The molecule has 0 bridgehead atoms. The SMILES string of the molecule is CC1(C)C(O)=C(c2ccc(OCP(=O)(O)O)c(O)c2)Oc2cc(O)ccc21. The molecule has 1 aliphatic heterocycles. The van der Waals surface area contributed by atoms with Crippen molar-refractivity contribution in [3.8, 4) is 23.0 Å². The standard InChI is InChI=1S/C18H19O8P/c1-18(2)12-5-4-11(19)8-15(12)26-16(17(18)21)10-3-6-14(13(20)7-10)25-9-27(22,23)24/h3-8,19-21H,9H2,1-2H3,(H2,22,23,24). The van der Waals surface area contributed by atoms with Crippen LogP contribution >= 0.6 is 7.60 Å². The zero-order valence-electron chi connectivity index (χ0n) is 14.6. The van der Waals surface area contributed by atoms with E-state index in [4.69, 9.17) is 19.3 Å². The summed E-state index contributed by atoms with van der Waals surface area (Å²) in [6.07, 6.45) is -0.871. The molecule has 2 aromatic carbocycles. The van der Waals surface area contributed by atoms with Gasteiger partial charge in [0.2, 0.25) is 0 Å². The lowest BCUT2D eigenvalue weighted by atomic mass is 9.79. The van der Waals surface area contributed by atoms with E-state index in [9.17, 15) is 19.9 Å². The summed E-state index contributed by atoms with van der Waals surface area (Å²) in [5, 5.41) is 30.5. The van der Waals surface area contributed by atoms with Crippen molar-refractivity contribution in [1.82, 2.24) is 0 Å². The van der Waals surface area contributed by atoms with Crippen molar-refractivity contribution in [2.75, 3.05) is 6.35 Å². The Morgan fingerprint density at radius 1 is 1.07 bits per heavy atom. The molecule has 0 spiro atoms. The van der Waals surface area contributed by atoms with Crippen LogP contribution in [0.3, 0.4) is 0 Å². The summed E-state index contributed by atoms with van der Waals surface area (Å²) in [6, 6.07) is 8.64. The maximum absolute atomic E-state index is 10.9. The van der Waals surface area contributed by atoms with Gasteiger partial charge >= 0.3 is 7.60 Å². The molecular formula is C18H19O8P. The van der Waals surface area contributed by atoms with Gasteiger partial charge in [-0.25, -0.2) is 0 Å². The van der Waals surface area contributed by atoms with E-state index in [0.717, 1.165) is 0 Å². The number of fused-ring (bicyclic) bond motifs is 1. The number of benzene rings is 2. The Morgan fingerprint density at radius 3 is 2.41 bits per heavy atom. The summed E-state index contributed by atoms with van der Waals surface area (Å²) < 4.78 is 21.6. The van der Waals surface area contributed by atoms with Crippen LogP contribution in [0, 0.1) is 0 Å². The summed E-state index contributed by atoms with van der Waals surface area (Å²) in [7, 11) is -4.39. The smallest absolute Gasteiger partial charge is 0.362 e. The van der Waals surface area contributed by atoms with Gasteiger partial charge in [-0.15, -0.1) is 0 Å². The average molecular weight is 394 g/mol. The van der Waals surface area contributed by atoms with E-state index in [1.807, 2.05) is 0 Å². The Labute approximate surface area is 155 Å². The van der Waals surface area contributed by atoms with Crippen molar-refractivity contribution in [3.63, 3.8) is 0 Å². The molecule has 0 amide bonds. The quantitative estimate of drug-likeness (QED) is 0.499. The molecule has 0 aliphatic carbocycles. The molecule has 8 nitrogen and oxygen atoms in total. The second-order valence-electron chi connectivity index (χ2n) is 6.71. The Kier molecular flexibility index (Phi) is 4.59. The van der Waals surface area contributed by atoms with Crippen molar-refractivity contribution >= 4 is 13.4 Å². The first-order valence-corrected chi connectivity index (χ1v) is 9.74. The molecule has 1 heterocycles. The number of hydrogen-bond acceptors (Lipinski definition) is 6. The average Bonchev–Trinajstić information content (AvgIpc) is 2.56. The minimum absolute atomic E-state index is 0.00863. The fourth-order valence-corrected chi connectivity index (χ4v) is 3.12. The number of phenolic OH excluding ortho intramolecular Hbond substituents is 2. The highest BCUT2D eigenvalue weighted by molar-refractivity contribution is 7.51. The van der Waals surface area contributed by atoms with Gasteiger partial charge in [-0.2, -0.15) is 0 Å². The highest BCUT2D eigenvalue weighted by atomic mass is 31.2. The summed E-state index contributed by atoms with van der Waals surface area (Å²) in [5.74, 6) is -0.0815. The summed E-state index contributed by atoms with van der Waals surface area (Å²) in [4.78, 5) is 17.7. The number of rotatable bonds is 4. The lowest BCUT2D eigenvalue weighted by Crippen LogP contribution is -2.27. The monoisotopic (exact) mass is 394 g/mol. The molecule has 2 aromatic rings. The van der Waals surface area contributed by atoms with Crippen molar-refractivity contribution in [2.24, 2.45) is 0 Å². The van der Waals surface area contributed by atoms with Crippen LogP contribution in [0.5, 0.6) is 23.0 Å². The van der Waals surface area contributed by atoms with Gasteiger partial charge in [0, 0.05) is 17.2 Å². The van der Waals surface area contributed by atoms with Crippen molar-refractivity contribution in [3.05, 3.63) is 53.3 Å². The number of allylic oxidation sites excluding steroid dienone is 1. The first kappa shape index (κ1) is 19.1. The summed E-state index contributed by atoms with van der Waals surface area (Å²) in [6.45, 7) is 3.58. The zero-order chi connectivity index (χ0) is 20.0. The Balaban J connectivity index is 1.98. The minimum Gasteiger partial charge on any atom is -0.508 e. The van der Waals surface area contributed by atoms with Gasteiger partial charge < -0.3 is 34.6 Å². The maximum Gasteiger partial charge on any atom is 0.362 e. The van der Waals surface area contributed by atoms with Gasteiger partial charge in [0.05, 0.1) is 5.41 Å². The summed E-state index contributed by atoms with van der Waals surface area (Å²) >= 11 is 0. The molecule has 27 heavy (non-hydrogen) atoms.